The highest BCUT2D eigenvalue weighted by atomic mass is 16.2. The third kappa shape index (κ3) is 6.95. The fraction of sp³-hybridized carbons (Fsp3) is 0.938. The number of rotatable bonds is 6. The van der Waals surface area contributed by atoms with Crippen molar-refractivity contribution < 1.29 is 4.79 Å². The maximum atomic E-state index is 12.1. The minimum atomic E-state index is 0.367. The first-order chi connectivity index (χ1) is 8.92. The summed E-state index contributed by atoms with van der Waals surface area (Å²) < 4.78 is 0. The van der Waals surface area contributed by atoms with E-state index >= 15 is 0 Å². The normalized spacial score (nSPS) is 17.8. The van der Waals surface area contributed by atoms with Crippen molar-refractivity contribution in [2.75, 3.05) is 32.7 Å². The average molecular weight is 268 g/mol. The molecule has 1 heterocycles. The molecule has 1 aliphatic heterocycles. The number of carbonyl (C=O) groups excluding carboxylic acids is 1. The van der Waals surface area contributed by atoms with E-state index in [1.54, 1.807) is 0 Å². The molecule has 1 amide bonds. The minimum Gasteiger partial charge on any atom is -0.340 e. The number of unbranched alkanes of at least 4 members (excludes halogenated alkanes) is 2. The summed E-state index contributed by atoms with van der Waals surface area (Å²) in [6.45, 7) is 14.1. The Hall–Kier alpha value is -0.570. The zero-order chi connectivity index (χ0) is 14.3. The molecule has 0 aliphatic carbocycles. The molecular weight excluding hydrogens is 236 g/mol. The Bertz CT molecular complexity index is 262. The van der Waals surface area contributed by atoms with Crippen molar-refractivity contribution in [3.05, 3.63) is 0 Å². The first-order valence-corrected chi connectivity index (χ1v) is 7.92. The predicted octanol–water partition coefficient (Wildman–Crippen LogP) is 3.15. The molecule has 0 aromatic rings. The maximum Gasteiger partial charge on any atom is 0.222 e. The lowest BCUT2D eigenvalue weighted by atomic mass is 9.89. The molecule has 0 atom stereocenters. The summed E-state index contributed by atoms with van der Waals surface area (Å²) in [7, 11) is 0. The molecular formula is C16H32N2O. The van der Waals surface area contributed by atoms with Gasteiger partial charge in [-0.1, -0.05) is 40.5 Å². The Morgan fingerprint density at radius 3 is 2.16 bits per heavy atom. The number of piperazine rings is 1. The molecule has 19 heavy (non-hydrogen) atoms. The van der Waals surface area contributed by atoms with Gasteiger partial charge in [0, 0.05) is 32.6 Å². The van der Waals surface area contributed by atoms with Gasteiger partial charge in [0.25, 0.3) is 0 Å². The quantitative estimate of drug-likeness (QED) is 0.691. The lowest BCUT2D eigenvalue weighted by Gasteiger charge is -2.34. The van der Waals surface area contributed by atoms with Crippen molar-refractivity contribution in [1.29, 1.82) is 0 Å². The lowest BCUT2D eigenvalue weighted by Crippen LogP contribution is -2.48. The number of amides is 1. The van der Waals surface area contributed by atoms with Gasteiger partial charge >= 0.3 is 0 Å². The van der Waals surface area contributed by atoms with Gasteiger partial charge in [-0.3, -0.25) is 4.79 Å². The molecule has 1 rings (SSSR count). The topological polar surface area (TPSA) is 23.6 Å². The molecule has 1 fully saturated rings. The van der Waals surface area contributed by atoms with Crippen molar-refractivity contribution in [2.45, 2.75) is 59.8 Å². The van der Waals surface area contributed by atoms with Crippen LogP contribution in [-0.4, -0.2) is 48.4 Å². The van der Waals surface area contributed by atoms with E-state index in [1.165, 1.54) is 19.3 Å². The van der Waals surface area contributed by atoms with Crippen molar-refractivity contribution in [3.63, 3.8) is 0 Å². The monoisotopic (exact) mass is 268 g/mol. The van der Waals surface area contributed by atoms with Crippen LogP contribution in [0, 0.1) is 5.41 Å². The average Bonchev–Trinajstić information content (AvgIpc) is 2.37. The summed E-state index contributed by atoms with van der Waals surface area (Å²) in [5.41, 5.74) is 0.431. The van der Waals surface area contributed by atoms with Gasteiger partial charge in [-0.2, -0.15) is 0 Å². The maximum absolute atomic E-state index is 12.1. The fourth-order valence-electron chi connectivity index (χ4n) is 2.58. The van der Waals surface area contributed by atoms with Crippen molar-refractivity contribution in [1.82, 2.24) is 9.80 Å². The minimum absolute atomic E-state index is 0.367. The molecule has 0 bridgehead atoms. The van der Waals surface area contributed by atoms with Crippen LogP contribution in [0.25, 0.3) is 0 Å². The summed E-state index contributed by atoms with van der Waals surface area (Å²) in [6, 6.07) is 0. The number of hydrogen-bond donors (Lipinski definition) is 0. The molecule has 0 aromatic carbocycles. The third-order valence-electron chi connectivity index (χ3n) is 3.99. The second kappa shape index (κ2) is 7.88. The third-order valence-corrected chi connectivity index (χ3v) is 3.99. The highest BCUT2D eigenvalue weighted by molar-refractivity contribution is 5.76. The molecule has 0 unspecified atom stereocenters. The van der Waals surface area contributed by atoms with E-state index in [0.717, 1.165) is 45.6 Å². The SMILES string of the molecule is CCN1CCN(C(=O)CCCCCC(C)(C)C)CC1. The molecule has 0 spiro atoms. The van der Waals surface area contributed by atoms with Crippen LogP contribution in [0.4, 0.5) is 0 Å². The molecule has 0 N–H and O–H groups in total. The van der Waals surface area contributed by atoms with E-state index < -0.39 is 0 Å². The summed E-state index contributed by atoms with van der Waals surface area (Å²) in [5.74, 6) is 0.367. The molecule has 0 aromatic heterocycles. The van der Waals surface area contributed by atoms with Gasteiger partial charge < -0.3 is 9.80 Å². The smallest absolute Gasteiger partial charge is 0.222 e. The summed E-state index contributed by atoms with van der Waals surface area (Å²) in [5, 5.41) is 0. The number of carbonyl (C=O) groups is 1. The van der Waals surface area contributed by atoms with Crippen LogP contribution in [0.1, 0.15) is 59.8 Å². The highest BCUT2D eigenvalue weighted by Crippen LogP contribution is 2.22. The van der Waals surface area contributed by atoms with E-state index in [0.29, 0.717) is 11.3 Å². The van der Waals surface area contributed by atoms with Gasteiger partial charge in [-0.05, 0) is 24.8 Å². The molecule has 1 aliphatic rings. The standard InChI is InChI=1S/C16H32N2O/c1-5-17-11-13-18(14-12-17)15(19)9-7-6-8-10-16(2,3)4/h5-14H2,1-4H3. The van der Waals surface area contributed by atoms with Crippen molar-refractivity contribution in [3.8, 4) is 0 Å². The Balaban J connectivity index is 2.08. The van der Waals surface area contributed by atoms with Gasteiger partial charge in [-0.25, -0.2) is 0 Å². The zero-order valence-corrected chi connectivity index (χ0v) is 13.4. The molecule has 3 nitrogen and oxygen atoms in total. The highest BCUT2D eigenvalue weighted by Gasteiger charge is 2.19. The lowest BCUT2D eigenvalue weighted by molar-refractivity contribution is -0.133. The van der Waals surface area contributed by atoms with Crippen molar-refractivity contribution >= 4 is 5.91 Å². The molecule has 112 valence electrons. The molecule has 0 radical (unpaired) electrons. The van der Waals surface area contributed by atoms with E-state index in [2.05, 4.69) is 37.5 Å². The van der Waals surface area contributed by atoms with Crippen LogP contribution >= 0.6 is 0 Å². The van der Waals surface area contributed by atoms with E-state index in [9.17, 15) is 4.79 Å². The summed E-state index contributed by atoms with van der Waals surface area (Å²) in [6.07, 6.45) is 5.51. The van der Waals surface area contributed by atoms with E-state index in [-0.39, 0.29) is 0 Å². The second-order valence-corrected chi connectivity index (χ2v) is 6.94. The number of likely N-dealkylation sites (N-methyl/N-ethyl adjacent to an activating group) is 1. The second-order valence-electron chi connectivity index (χ2n) is 6.94. The molecule has 3 heteroatoms. The summed E-state index contributed by atoms with van der Waals surface area (Å²) >= 11 is 0. The molecule has 1 saturated heterocycles. The van der Waals surface area contributed by atoms with Crippen LogP contribution in [0.2, 0.25) is 0 Å². The Morgan fingerprint density at radius 2 is 1.63 bits per heavy atom. The zero-order valence-electron chi connectivity index (χ0n) is 13.4. The first kappa shape index (κ1) is 16.5. The van der Waals surface area contributed by atoms with Gasteiger partial charge in [0.15, 0.2) is 0 Å². The first-order valence-electron chi connectivity index (χ1n) is 7.92. The van der Waals surface area contributed by atoms with Crippen LogP contribution < -0.4 is 0 Å². The van der Waals surface area contributed by atoms with Gasteiger partial charge in [0.1, 0.15) is 0 Å². The fourth-order valence-corrected chi connectivity index (χ4v) is 2.58. The van der Waals surface area contributed by atoms with E-state index in [4.69, 9.17) is 0 Å². The number of nitrogens with zero attached hydrogens (tertiary/aromatic N) is 2. The Morgan fingerprint density at radius 1 is 1.00 bits per heavy atom. The van der Waals surface area contributed by atoms with E-state index in [1.807, 2.05) is 0 Å². The van der Waals surface area contributed by atoms with Crippen LogP contribution in [-0.2, 0) is 4.79 Å². The molecule has 0 saturated carbocycles. The van der Waals surface area contributed by atoms with Crippen molar-refractivity contribution in [2.24, 2.45) is 5.41 Å². The predicted molar refractivity (Wildman–Crippen MR) is 81.2 cm³/mol. The van der Waals surface area contributed by atoms with Crippen LogP contribution in [0.3, 0.4) is 0 Å². The van der Waals surface area contributed by atoms with Crippen LogP contribution in [0.5, 0.6) is 0 Å². The van der Waals surface area contributed by atoms with Gasteiger partial charge in [0.05, 0.1) is 0 Å². The Kier molecular flexibility index (Phi) is 6.84. The van der Waals surface area contributed by atoms with Gasteiger partial charge in [0.2, 0.25) is 5.91 Å². The number of hydrogen-bond acceptors (Lipinski definition) is 2. The van der Waals surface area contributed by atoms with Crippen LogP contribution in [0.15, 0.2) is 0 Å². The largest absolute Gasteiger partial charge is 0.340 e. The summed E-state index contributed by atoms with van der Waals surface area (Å²) in [4.78, 5) is 16.5. The van der Waals surface area contributed by atoms with Gasteiger partial charge in [-0.15, -0.1) is 0 Å². The Labute approximate surface area is 119 Å².